The van der Waals surface area contributed by atoms with Crippen molar-refractivity contribution < 1.29 is 28.5 Å². The van der Waals surface area contributed by atoms with Crippen molar-refractivity contribution in [3.63, 3.8) is 0 Å². The number of benzene rings is 2. The highest BCUT2D eigenvalue weighted by Gasteiger charge is 2.20. The van der Waals surface area contributed by atoms with Gasteiger partial charge >= 0.3 is 5.97 Å². The summed E-state index contributed by atoms with van der Waals surface area (Å²) in [4.78, 5) is 24.4. The topological polar surface area (TPSA) is 71.1 Å². The van der Waals surface area contributed by atoms with Gasteiger partial charge in [0.2, 0.25) is 12.6 Å². The van der Waals surface area contributed by atoms with Crippen molar-refractivity contribution in [2.45, 2.75) is 25.9 Å². The van der Waals surface area contributed by atoms with Gasteiger partial charge in [0.1, 0.15) is 5.75 Å². The van der Waals surface area contributed by atoms with Gasteiger partial charge in [-0.05, 0) is 55.3 Å². The number of carbonyl (C=O) groups is 2. The van der Waals surface area contributed by atoms with Crippen molar-refractivity contribution in [2.75, 3.05) is 13.9 Å². The summed E-state index contributed by atoms with van der Waals surface area (Å²) in [5, 5.41) is 0. The Bertz CT molecular complexity index is 796. The van der Waals surface area contributed by atoms with E-state index in [1.54, 1.807) is 38.3 Å². The monoisotopic (exact) mass is 356 g/mol. The Balaban J connectivity index is 1.51. The van der Waals surface area contributed by atoms with E-state index in [0.29, 0.717) is 29.2 Å². The van der Waals surface area contributed by atoms with Crippen molar-refractivity contribution in [1.29, 1.82) is 0 Å². The Morgan fingerprint density at radius 2 is 1.81 bits per heavy atom. The summed E-state index contributed by atoms with van der Waals surface area (Å²) in [6.07, 6.45) is -0.161. The van der Waals surface area contributed by atoms with Gasteiger partial charge in [-0.2, -0.15) is 0 Å². The molecule has 1 aliphatic rings. The second kappa shape index (κ2) is 7.91. The first kappa shape index (κ1) is 17.8. The van der Waals surface area contributed by atoms with Crippen LogP contribution in [0.15, 0.2) is 42.5 Å². The van der Waals surface area contributed by atoms with Crippen LogP contribution in [-0.4, -0.2) is 31.8 Å². The number of hydrogen-bond acceptors (Lipinski definition) is 6. The van der Waals surface area contributed by atoms with Gasteiger partial charge in [-0.25, -0.2) is 0 Å². The standard InChI is InChI=1S/C20H20O6/c1-13(20(22)15-5-7-16(23-2)8-6-15)26-19(21)10-4-14-3-9-17-18(11-14)25-12-24-17/h3,5-9,11,13H,4,10,12H2,1-2H3/t13-/m0/s1. The van der Waals surface area contributed by atoms with Crippen LogP contribution in [0.5, 0.6) is 17.2 Å². The molecule has 0 aliphatic carbocycles. The van der Waals surface area contributed by atoms with E-state index < -0.39 is 12.1 Å². The van der Waals surface area contributed by atoms with Gasteiger partial charge in [0.05, 0.1) is 7.11 Å². The second-order valence-electron chi connectivity index (χ2n) is 5.91. The first-order chi connectivity index (χ1) is 12.6. The van der Waals surface area contributed by atoms with E-state index in [4.69, 9.17) is 18.9 Å². The molecule has 136 valence electrons. The van der Waals surface area contributed by atoms with Gasteiger partial charge in [0.15, 0.2) is 17.6 Å². The highest BCUT2D eigenvalue weighted by Crippen LogP contribution is 2.32. The Labute approximate surface area is 151 Å². The molecule has 0 unspecified atom stereocenters. The van der Waals surface area contributed by atoms with Gasteiger partial charge in [-0.15, -0.1) is 0 Å². The molecule has 0 fully saturated rings. The molecule has 0 bridgehead atoms. The minimum Gasteiger partial charge on any atom is -0.497 e. The SMILES string of the molecule is COc1ccc(C(=O)[C@H](C)OC(=O)CCc2ccc3c(c2)OCO3)cc1. The minimum atomic E-state index is -0.840. The molecular weight excluding hydrogens is 336 g/mol. The molecule has 6 heteroatoms. The number of carbonyl (C=O) groups excluding carboxylic acids is 2. The van der Waals surface area contributed by atoms with Crippen LogP contribution < -0.4 is 14.2 Å². The smallest absolute Gasteiger partial charge is 0.306 e. The van der Waals surface area contributed by atoms with E-state index in [0.717, 1.165) is 5.56 Å². The largest absolute Gasteiger partial charge is 0.497 e. The molecule has 3 rings (SSSR count). The van der Waals surface area contributed by atoms with Crippen molar-refractivity contribution in [3.8, 4) is 17.2 Å². The van der Waals surface area contributed by atoms with Crippen LogP contribution in [0.2, 0.25) is 0 Å². The molecule has 1 atom stereocenters. The van der Waals surface area contributed by atoms with Crippen molar-refractivity contribution in [2.24, 2.45) is 0 Å². The lowest BCUT2D eigenvalue weighted by molar-refractivity contribution is -0.146. The van der Waals surface area contributed by atoms with E-state index in [2.05, 4.69) is 0 Å². The fraction of sp³-hybridized carbons (Fsp3) is 0.300. The molecule has 6 nitrogen and oxygen atoms in total. The average molecular weight is 356 g/mol. The molecule has 0 saturated carbocycles. The lowest BCUT2D eigenvalue weighted by atomic mass is 10.1. The number of ether oxygens (including phenoxy) is 4. The van der Waals surface area contributed by atoms with E-state index in [-0.39, 0.29) is 19.0 Å². The summed E-state index contributed by atoms with van der Waals surface area (Å²) in [6.45, 7) is 1.79. The molecule has 2 aromatic carbocycles. The van der Waals surface area contributed by atoms with E-state index >= 15 is 0 Å². The Kier molecular flexibility index (Phi) is 5.41. The van der Waals surface area contributed by atoms with Gasteiger partial charge in [-0.1, -0.05) is 6.07 Å². The van der Waals surface area contributed by atoms with Crippen molar-refractivity contribution in [1.82, 2.24) is 0 Å². The number of ketones is 1. The summed E-state index contributed by atoms with van der Waals surface area (Å²) in [6, 6.07) is 12.2. The average Bonchev–Trinajstić information content (AvgIpc) is 3.13. The third-order valence-corrected chi connectivity index (χ3v) is 4.11. The van der Waals surface area contributed by atoms with Gasteiger partial charge in [0.25, 0.3) is 0 Å². The molecular formula is C20H20O6. The first-order valence-corrected chi connectivity index (χ1v) is 8.33. The maximum absolute atomic E-state index is 12.3. The molecule has 0 saturated heterocycles. The molecule has 1 heterocycles. The van der Waals surface area contributed by atoms with Crippen LogP contribution in [-0.2, 0) is 16.0 Å². The number of rotatable bonds is 7. The highest BCUT2D eigenvalue weighted by molar-refractivity contribution is 6.00. The molecule has 0 radical (unpaired) electrons. The number of aryl methyl sites for hydroxylation is 1. The van der Waals surface area contributed by atoms with Crippen LogP contribution >= 0.6 is 0 Å². The molecule has 2 aromatic rings. The normalized spacial score (nSPS) is 13.2. The van der Waals surface area contributed by atoms with Gasteiger partial charge < -0.3 is 18.9 Å². The fourth-order valence-corrected chi connectivity index (χ4v) is 2.64. The third kappa shape index (κ3) is 4.14. The highest BCUT2D eigenvalue weighted by atomic mass is 16.7. The predicted molar refractivity (Wildman–Crippen MR) is 93.8 cm³/mol. The Morgan fingerprint density at radius 1 is 1.08 bits per heavy atom. The first-order valence-electron chi connectivity index (χ1n) is 8.33. The van der Waals surface area contributed by atoms with Crippen LogP contribution in [0, 0.1) is 0 Å². The number of fused-ring (bicyclic) bond motifs is 1. The van der Waals surface area contributed by atoms with Crippen LogP contribution in [0.4, 0.5) is 0 Å². The summed E-state index contributed by atoms with van der Waals surface area (Å²) in [7, 11) is 1.56. The second-order valence-corrected chi connectivity index (χ2v) is 5.91. The van der Waals surface area contributed by atoms with Crippen molar-refractivity contribution >= 4 is 11.8 Å². The minimum absolute atomic E-state index is 0.180. The maximum atomic E-state index is 12.3. The zero-order valence-corrected chi connectivity index (χ0v) is 14.7. The molecule has 0 aromatic heterocycles. The summed E-state index contributed by atoms with van der Waals surface area (Å²) in [5.41, 5.74) is 1.42. The lowest BCUT2D eigenvalue weighted by Gasteiger charge is -2.13. The molecule has 1 aliphatic heterocycles. The van der Waals surface area contributed by atoms with Gasteiger partial charge in [-0.3, -0.25) is 9.59 Å². The summed E-state index contributed by atoms with van der Waals surface area (Å²) >= 11 is 0. The lowest BCUT2D eigenvalue weighted by Crippen LogP contribution is -2.24. The number of methoxy groups -OCH3 is 1. The Morgan fingerprint density at radius 3 is 2.54 bits per heavy atom. The van der Waals surface area contributed by atoms with E-state index in [1.165, 1.54) is 0 Å². The molecule has 0 spiro atoms. The Hall–Kier alpha value is -3.02. The predicted octanol–water partition coefficient (Wildman–Crippen LogP) is 3.17. The summed E-state index contributed by atoms with van der Waals surface area (Å²) < 4.78 is 20.9. The van der Waals surface area contributed by atoms with Gasteiger partial charge in [0, 0.05) is 12.0 Å². The van der Waals surface area contributed by atoms with Crippen LogP contribution in [0.25, 0.3) is 0 Å². The number of esters is 1. The molecule has 26 heavy (non-hydrogen) atoms. The number of hydrogen-bond donors (Lipinski definition) is 0. The van der Waals surface area contributed by atoms with E-state index in [9.17, 15) is 9.59 Å². The van der Waals surface area contributed by atoms with Crippen LogP contribution in [0.1, 0.15) is 29.3 Å². The zero-order chi connectivity index (χ0) is 18.5. The third-order valence-electron chi connectivity index (χ3n) is 4.11. The summed E-state index contributed by atoms with van der Waals surface area (Å²) in [5.74, 6) is 1.38. The van der Waals surface area contributed by atoms with Crippen LogP contribution in [0.3, 0.4) is 0 Å². The quantitative estimate of drug-likeness (QED) is 0.561. The maximum Gasteiger partial charge on any atom is 0.306 e. The fourth-order valence-electron chi connectivity index (χ4n) is 2.64. The van der Waals surface area contributed by atoms with E-state index in [1.807, 2.05) is 18.2 Å². The molecule has 0 N–H and O–H groups in total. The van der Waals surface area contributed by atoms with Crippen molar-refractivity contribution in [3.05, 3.63) is 53.6 Å². The number of Topliss-reactive ketones (excluding diaryl/α,β-unsaturated/α-hetero) is 1. The molecule has 0 amide bonds. The zero-order valence-electron chi connectivity index (χ0n) is 14.7.